The molecule has 21 heavy (non-hydrogen) atoms. The molecule has 0 heterocycles. The highest BCUT2D eigenvalue weighted by molar-refractivity contribution is 5.62. The van der Waals surface area contributed by atoms with E-state index in [2.05, 4.69) is 43.4 Å². The maximum Gasteiger partial charge on any atom is 0.144 e. The zero-order chi connectivity index (χ0) is 15.4. The fourth-order valence-corrected chi connectivity index (χ4v) is 2.17. The van der Waals surface area contributed by atoms with Gasteiger partial charge in [-0.25, -0.2) is 0 Å². The van der Waals surface area contributed by atoms with Crippen LogP contribution < -0.4 is 15.8 Å². The van der Waals surface area contributed by atoms with Gasteiger partial charge >= 0.3 is 0 Å². The summed E-state index contributed by atoms with van der Waals surface area (Å²) in [6.45, 7) is 8.23. The largest absolute Gasteiger partial charge is 0.489 e. The Morgan fingerprint density at radius 3 is 2.29 bits per heavy atom. The summed E-state index contributed by atoms with van der Waals surface area (Å²) in [5.41, 5.74) is 10.1. The number of anilines is 2. The van der Waals surface area contributed by atoms with Gasteiger partial charge in [-0.3, -0.25) is 0 Å². The molecule has 0 saturated carbocycles. The average Bonchev–Trinajstić information content (AvgIpc) is 2.42. The van der Waals surface area contributed by atoms with Crippen LogP contribution in [-0.2, 0) is 0 Å². The Bertz CT molecular complexity index is 591. The quantitative estimate of drug-likeness (QED) is 0.793. The van der Waals surface area contributed by atoms with E-state index in [9.17, 15) is 0 Å². The highest BCUT2D eigenvalue weighted by atomic mass is 16.5. The average molecular weight is 284 g/mol. The minimum atomic E-state index is 0.108. The molecule has 0 aliphatic rings. The van der Waals surface area contributed by atoms with Crippen molar-refractivity contribution in [2.45, 2.75) is 39.8 Å². The second kappa shape index (κ2) is 6.53. The molecule has 0 aliphatic heterocycles. The number of nitrogen functional groups attached to an aromatic ring is 1. The summed E-state index contributed by atoms with van der Waals surface area (Å²) < 4.78 is 5.72. The van der Waals surface area contributed by atoms with Gasteiger partial charge < -0.3 is 15.8 Å². The second-order valence-electron chi connectivity index (χ2n) is 5.70. The third-order valence-corrected chi connectivity index (χ3v) is 3.34. The Labute approximate surface area is 127 Å². The van der Waals surface area contributed by atoms with Gasteiger partial charge in [0.2, 0.25) is 0 Å². The van der Waals surface area contributed by atoms with E-state index in [-0.39, 0.29) is 12.1 Å². The van der Waals surface area contributed by atoms with E-state index < -0.39 is 0 Å². The summed E-state index contributed by atoms with van der Waals surface area (Å²) in [4.78, 5) is 0. The first-order valence-electron chi connectivity index (χ1n) is 7.35. The lowest BCUT2D eigenvalue weighted by Gasteiger charge is -2.18. The topological polar surface area (TPSA) is 47.3 Å². The summed E-state index contributed by atoms with van der Waals surface area (Å²) in [5, 5.41) is 3.48. The van der Waals surface area contributed by atoms with Gasteiger partial charge in [-0.05, 0) is 45.4 Å². The van der Waals surface area contributed by atoms with Crippen LogP contribution in [0, 0.1) is 6.92 Å². The summed E-state index contributed by atoms with van der Waals surface area (Å²) in [6, 6.07) is 14.6. The van der Waals surface area contributed by atoms with E-state index in [1.807, 2.05) is 32.0 Å². The van der Waals surface area contributed by atoms with E-state index in [4.69, 9.17) is 10.5 Å². The van der Waals surface area contributed by atoms with Gasteiger partial charge in [-0.2, -0.15) is 0 Å². The predicted molar refractivity (Wildman–Crippen MR) is 89.8 cm³/mol. The molecule has 1 atom stereocenters. The molecule has 2 rings (SSSR count). The van der Waals surface area contributed by atoms with Crippen LogP contribution in [0.2, 0.25) is 0 Å². The van der Waals surface area contributed by atoms with Crippen LogP contribution in [0.5, 0.6) is 5.75 Å². The molecule has 3 N–H and O–H groups in total. The summed E-state index contributed by atoms with van der Waals surface area (Å²) >= 11 is 0. The number of rotatable bonds is 5. The third-order valence-electron chi connectivity index (χ3n) is 3.34. The lowest BCUT2D eigenvalue weighted by molar-refractivity contribution is 0.244. The number of hydrogen-bond acceptors (Lipinski definition) is 3. The molecule has 0 fully saturated rings. The fourth-order valence-electron chi connectivity index (χ4n) is 2.17. The van der Waals surface area contributed by atoms with E-state index in [1.54, 1.807) is 0 Å². The van der Waals surface area contributed by atoms with Crippen LogP contribution in [0.3, 0.4) is 0 Å². The summed E-state index contributed by atoms with van der Waals surface area (Å²) in [6.07, 6.45) is 0.108. The van der Waals surface area contributed by atoms with Crippen molar-refractivity contribution in [3.05, 3.63) is 53.6 Å². The van der Waals surface area contributed by atoms with Gasteiger partial charge in [-0.15, -0.1) is 0 Å². The first-order valence-corrected chi connectivity index (χ1v) is 7.35. The molecule has 0 aliphatic carbocycles. The Hall–Kier alpha value is -2.16. The van der Waals surface area contributed by atoms with Crippen molar-refractivity contribution < 1.29 is 4.74 Å². The normalized spacial score (nSPS) is 12.2. The maximum absolute atomic E-state index is 5.94. The summed E-state index contributed by atoms with van der Waals surface area (Å²) in [7, 11) is 0. The van der Waals surface area contributed by atoms with Gasteiger partial charge in [0.1, 0.15) is 5.75 Å². The fraction of sp³-hybridized carbons (Fsp3) is 0.333. The van der Waals surface area contributed by atoms with Gasteiger partial charge in [0.05, 0.1) is 11.8 Å². The van der Waals surface area contributed by atoms with Crippen LogP contribution in [-0.4, -0.2) is 6.10 Å². The zero-order valence-corrected chi connectivity index (χ0v) is 13.2. The predicted octanol–water partition coefficient (Wildman–Crippen LogP) is 4.54. The minimum absolute atomic E-state index is 0.108. The number of hydrogen-bond donors (Lipinski definition) is 2. The molecule has 2 aromatic rings. The van der Waals surface area contributed by atoms with Crippen molar-refractivity contribution in [3.8, 4) is 5.75 Å². The maximum atomic E-state index is 5.94. The molecule has 1 unspecified atom stereocenters. The number of ether oxygens (including phenoxy) is 1. The van der Waals surface area contributed by atoms with Crippen molar-refractivity contribution in [2.75, 3.05) is 11.1 Å². The molecule has 3 heteroatoms. The SMILES string of the molecule is Cc1ccc(C(C)Nc2ccc(N)c(OC(C)C)c2)cc1. The zero-order valence-electron chi connectivity index (χ0n) is 13.2. The minimum Gasteiger partial charge on any atom is -0.489 e. The van der Waals surface area contributed by atoms with E-state index in [0.717, 1.165) is 11.4 Å². The number of aryl methyl sites for hydroxylation is 1. The third kappa shape index (κ3) is 4.15. The second-order valence-corrected chi connectivity index (χ2v) is 5.70. The number of benzene rings is 2. The van der Waals surface area contributed by atoms with Crippen LogP contribution in [0.4, 0.5) is 11.4 Å². The van der Waals surface area contributed by atoms with Crippen molar-refractivity contribution in [2.24, 2.45) is 0 Å². The molecule has 0 amide bonds. The first-order chi connectivity index (χ1) is 9.95. The molecule has 0 bridgehead atoms. The van der Waals surface area contributed by atoms with E-state index >= 15 is 0 Å². The van der Waals surface area contributed by atoms with Crippen molar-refractivity contribution in [3.63, 3.8) is 0 Å². The lowest BCUT2D eigenvalue weighted by atomic mass is 10.1. The Morgan fingerprint density at radius 2 is 1.67 bits per heavy atom. The van der Waals surface area contributed by atoms with Gasteiger partial charge in [0.25, 0.3) is 0 Å². The lowest BCUT2D eigenvalue weighted by Crippen LogP contribution is -2.09. The summed E-state index contributed by atoms with van der Waals surface area (Å²) in [5.74, 6) is 0.728. The Kier molecular flexibility index (Phi) is 4.73. The highest BCUT2D eigenvalue weighted by Gasteiger charge is 2.08. The van der Waals surface area contributed by atoms with E-state index in [1.165, 1.54) is 11.1 Å². The van der Waals surface area contributed by atoms with Crippen LogP contribution in [0.25, 0.3) is 0 Å². The Balaban J connectivity index is 2.13. The van der Waals surface area contributed by atoms with Crippen molar-refractivity contribution in [1.82, 2.24) is 0 Å². The molecule has 0 aromatic heterocycles. The molecule has 3 nitrogen and oxygen atoms in total. The molecule has 2 aromatic carbocycles. The molecule has 112 valence electrons. The molecule has 0 spiro atoms. The van der Waals surface area contributed by atoms with Gasteiger partial charge in [0.15, 0.2) is 0 Å². The molecular weight excluding hydrogens is 260 g/mol. The standard InChI is InChI=1S/C18H24N2O/c1-12(2)21-18-11-16(9-10-17(18)19)20-14(4)15-7-5-13(3)6-8-15/h5-12,14,20H,19H2,1-4H3. The van der Waals surface area contributed by atoms with Crippen LogP contribution >= 0.6 is 0 Å². The van der Waals surface area contributed by atoms with Crippen molar-refractivity contribution >= 4 is 11.4 Å². The smallest absolute Gasteiger partial charge is 0.144 e. The van der Waals surface area contributed by atoms with Crippen molar-refractivity contribution in [1.29, 1.82) is 0 Å². The molecule has 0 saturated heterocycles. The molecule has 0 radical (unpaired) electrons. The Morgan fingerprint density at radius 1 is 1.00 bits per heavy atom. The molecular formula is C18H24N2O. The first kappa shape index (κ1) is 15.2. The van der Waals surface area contributed by atoms with Gasteiger partial charge in [-0.1, -0.05) is 29.8 Å². The monoisotopic (exact) mass is 284 g/mol. The number of nitrogens with two attached hydrogens (primary N) is 1. The van der Waals surface area contributed by atoms with Crippen LogP contribution in [0.15, 0.2) is 42.5 Å². The van der Waals surface area contributed by atoms with E-state index in [0.29, 0.717) is 5.69 Å². The highest BCUT2D eigenvalue weighted by Crippen LogP contribution is 2.28. The van der Waals surface area contributed by atoms with Gasteiger partial charge in [0, 0.05) is 17.8 Å². The van der Waals surface area contributed by atoms with Crippen LogP contribution in [0.1, 0.15) is 37.9 Å². The number of nitrogens with one attached hydrogen (secondary N) is 1.